The standard InChI is InChI=1S/C11H5F4N3O/c12-7-2-1-5(11(13,14)15)3-6(7)10-18-8(4-16)9(17)19-10/h1-3H,17H2. The zero-order valence-corrected chi connectivity index (χ0v) is 9.12. The van der Waals surface area contributed by atoms with Crippen molar-refractivity contribution in [3.63, 3.8) is 0 Å². The summed E-state index contributed by atoms with van der Waals surface area (Å²) in [6.07, 6.45) is -4.63. The maximum absolute atomic E-state index is 13.5. The van der Waals surface area contributed by atoms with Crippen molar-refractivity contribution >= 4 is 5.88 Å². The molecule has 2 rings (SSSR count). The number of aromatic nitrogens is 1. The van der Waals surface area contributed by atoms with Gasteiger partial charge in [0.05, 0.1) is 11.1 Å². The molecule has 0 spiro atoms. The molecule has 0 unspecified atom stereocenters. The molecule has 1 heterocycles. The van der Waals surface area contributed by atoms with Crippen molar-refractivity contribution in [2.45, 2.75) is 6.18 Å². The van der Waals surface area contributed by atoms with E-state index in [0.717, 1.165) is 0 Å². The number of hydrogen-bond acceptors (Lipinski definition) is 4. The number of anilines is 1. The molecule has 8 heteroatoms. The van der Waals surface area contributed by atoms with Gasteiger partial charge in [-0.1, -0.05) is 0 Å². The van der Waals surface area contributed by atoms with E-state index in [1.807, 2.05) is 0 Å². The van der Waals surface area contributed by atoms with E-state index in [-0.39, 0.29) is 11.6 Å². The number of nitrogens with zero attached hydrogens (tertiary/aromatic N) is 2. The van der Waals surface area contributed by atoms with Crippen LogP contribution in [0.1, 0.15) is 11.3 Å². The van der Waals surface area contributed by atoms with E-state index in [0.29, 0.717) is 18.2 Å². The molecule has 0 aliphatic carbocycles. The van der Waals surface area contributed by atoms with Crippen LogP contribution in [0.2, 0.25) is 0 Å². The Bertz CT molecular complexity index is 670. The third-order valence-corrected chi connectivity index (χ3v) is 2.28. The molecule has 0 bridgehead atoms. The molecule has 1 aromatic carbocycles. The van der Waals surface area contributed by atoms with Crippen molar-refractivity contribution in [1.82, 2.24) is 4.98 Å². The van der Waals surface area contributed by atoms with Gasteiger partial charge in [-0.25, -0.2) is 4.39 Å². The van der Waals surface area contributed by atoms with Crippen LogP contribution in [0.4, 0.5) is 23.4 Å². The number of oxazole rings is 1. The van der Waals surface area contributed by atoms with E-state index >= 15 is 0 Å². The first-order valence-corrected chi connectivity index (χ1v) is 4.86. The second-order valence-corrected chi connectivity index (χ2v) is 3.54. The number of halogens is 4. The molecule has 0 amide bonds. The molecule has 0 fully saturated rings. The van der Waals surface area contributed by atoms with E-state index in [4.69, 9.17) is 15.4 Å². The monoisotopic (exact) mass is 271 g/mol. The third-order valence-electron chi connectivity index (χ3n) is 2.28. The minimum absolute atomic E-state index is 0.313. The number of benzene rings is 1. The molecule has 4 nitrogen and oxygen atoms in total. The third kappa shape index (κ3) is 2.35. The topological polar surface area (TPSA) is 75.8 Å². The zero-order chi connectivity index (χ0) is 14.2. The highest BCUT2D eigenvalue weighted by Crippen LogP contribution is 2.34. The van der Waals surface area contributed by atoms with Crippen LogP contribution in [-0.2, 0) is 6.18 Å². The summed E-state index contributed by atoms with van der Waals surface area (Å²) >= 11 is 0. The molecule has 0 aliphatic rings. The van der Waals surface area contributed by atoms with Gasteiger partial charge in [0.1, 0.15) is 11.9 Å². The van der Waals surface area contributed by atoms with Gasteiger partial charge in [0.15, 0.2) is 0 Å². The van der Waals surface area contributed by atoms with Gasteiger partial charge in [0.2, 0.25) is 17.5 Å². The maximum Gasteiger partial charge on any atom is 0.416 e. The van der Waals surface area contributed by atoms with Crippen LogP contribution in [0, 0.1) is 17.1 Å². The van der Waals surface area contributed by atoms with Crippen molar-refractivity contribution in [1.29, 1.82) is 5.26 Å². The molecule has 0 atom stereocenters. The Labute approximate surface area is 104 Å². The van der Waals surface area contributed by atoms with E-state index in [1.165, 1.54) is 0 Å². The minimum atomic E-state index is -4.63. The van der Waals surface area contributed by atoms with Crippen molar-refractivity contribution in [3.05, 3.63) is 35.3 Å². The largest absolute Gasteiger partial charge is 0.419 e. The Hall–Kier alpha value is -2.56. The van der Waals surface area contributed by atoms with Gasteiger partial charge in [0.25, 0.3) is 0 Å². The molecule has 1 aromatic heterocycles. The van der Waals surface area contributed by atoms with Gasteiger partial charge in [-0.15, -0.1) is 0 Å². The number of nitrogen functional groups attached to an aromatic ring is 1. The maximum atomic E-state index is 13.5. The lowest BCUT2D eigenvalue weighted by Gasteiger charge is -2.07. The Balaban J connectivity index is 2.58. The smallest absolute Gasteiger partial charge is 0.416 e. The van der Waals surface area contributed by atoms with Gasteiger partial charge in [-0.3, -0.25) is 0 Å². The van der Waals surface area contributed by atoms with Gasteiger partial charge >= 0.3 is 6.18 Å². The molecule has 19 heavy (non-hydrogen) atoms. The second-order valence-electron chi connectivity index (χ2n) is 3.54. The highest BCUT2D eigenvalue weighted by molar-refractivity contribution is 5.59. The van der Waals surface area contributed by atoms with Crippen LogP contribution in [-0.4, -0.2) is 4.98 Å². The van der Waals surface area contributed by atoms with Crippen molar-refractivity contribution < 1.29 is 22.0 Å². The summed E-state index contributed by atoms with van der Waals surface area (Å²) < 4.78 is 55.8. The van der Waals surface area contributed by atoms with Gasteiger partial charge in [-0.05, 0) is 18.2 Å². The Kier molecular flexibility index (Phi) is 2.90. The molecule has 2 N–H and O–H groups in total. The first kappa shape index (κ1) is 12.9. The molecule has 0 aliphatic heterocycles. The fraction of sp³-hybridized carbons (Fsp3) is 0.0909. The highest BCUT2D eigenvalue weighted by Gasteiger charge is 2.32. The minimum Gasteiger partial charge on any atom is -0.419 e. The summed E-state index contributed by atoms with van der Waals surface area (Å²) in [6, 6.07) is 3.36. The molecule has 2 aromatic rings. The summed E-state index contributed by atoms with van der Waals surface area (Å²) in [4.78, 5) is 3.52. The van der Waals surface area contributed by atoms with Crippen LogP contribution in [0.5, 0.6) is 0 Å². The van der Waals surface area contributed by atoms with E-state index in [9.17, 15) is 17.6 Å². The highest BCUT2D eigenvalue weighted by atomic mass is 19.4. The second kappa shape index (κ2) is 4.28. The summed E-state index contributed by atoms with van der Waals surface area (Å²) in [5.74, 6) is -1.81. The number of rotatable bonds is 1. The number of hydrogen-bond donors (Lipinski definition) is 1. The molecular formula is C11H5F4N3O. The van der Waals surface area contributed by atoms with Gasteiger partial charge in [0, 0.05) is 0 Å². The fourth-order valence-electron chi connectivity index (χ4n) is 1.39. The van der Waals surface area contributed by atoms with Crippen LogP contribution in [0.25, 0.3) is 11.5 Å². The summed E-state index contributed by atoms with van der Waals surface area (Å²) in [6.45, 7) is 0. The first-order valence-electron chi connectivity index (χ1n) is 4.86. The van der Waals surface area contributed by atoms with Gasteiger partial charge < -0.3 is 10.2 Å². The predicted molar refractivity (Wildman–Crippen MR) is 56.0 cm³/mol. The summed E-state index contributed by atoms with van der Waals surface area (Å²) in [5, 5.41) is 8.61. The molecular weight excluding hydrogens is 266 g/mol. The van der Waals surface area contributed by atoms with Crippen molar-refractivity contribution in [2.75, 3.05) is 5.73 Å². The SMILES string of the molecule is N#Cc1nc(-c2cc(C(F)(F)F)ccc2F)oc1N. The Morgan fingerprint density at radius 2 is 2.00 bits per heavy atom. The van der Waals surface area contributed by atoms with Crippen LogP contribution >= 0.6 is 0 Å². The van der Waals surface area contributed by atoms with Gasteiger partial charge in [-0.2, -0.15) is 23.4 Å². The summed E-state index contributed by atoms with van der Waals surface area (Å²) in [7, 11) is 0. The van der Waals surface area contributed by atoms with E-state index in [2.05, 4.69) is 4.98 Å². The molecule has 0 radical (unpaired) electrons. The number of nitrogens with two attached hydrogens (primary N) is 1. The molecule has 0 saturated carbocycles. The van der Waals surface area contributed by atoms with E-state index in [1.54, 1.807) is 6.07 Å². The quantitative estimate of drug-likeness (QED) is 0.809. The Morgan fingerprint density at radius 1 is 1.32 bits per heavy atom. The lowest BCUT2D eigenvalue weighted by atomic mass is 10.1. The van der Waals surface area contributed by atoms with Crippen molar-refractivity contribution in [2.24, 2.45) is 0 Å². The predicted octanol–water partition coefficient (Wildman–Crippen LogP) is 2.95. The Morgan fingerprint density at radius 3 is 2.53 bits per heavy atom. The van der Waals surface area contributed by atoms with Crippen LogP contribution in [0.3, 0.4) is 0 Å². The lowest BCUT2D eigenvalue weighted by Crippen LogP contribution is -2.05. The summed E-state index contributed by atoms with van der Waals surface area (Å²) in [5.41, 5.74) is 3.39. The van der Waals surface area contributed by atoms with Crippen molar-refractivity contribution in [3.8, 4) is 17.5 Å². The first-order chi connectivity index (χ1) is 8.82. The molecule has 98 valence electrons. The fourth-order valence-corrected chi connectivity index (χ4v) is 1.39. The number of alkyl halides is 3. The van der Waals surface area contributed by atoms with Crippen LogP contribution < -0.4 is 5.73 Å². The lowest BCUT2D eigenvalue weighted by molar-refractivity contribution is -0.137. The normalized spacial score (nSPS) is 11.3. The van der Waals surface area contributed by atoms with Crippen LogP contribution in [0.15, 0.2) is 22.6 Å². The molecule has 0 saturated heterocycles. The average Bonchev–Trinajstić information content (AvgIpc) is 2.69. The average molecular weight is 271 g/mol. The van der Waals surface area contributed by atoms with E-state index < -0.39 is 29.0 Å². The zero-order valence-electron chi connectivity index (χ0n) is 9.12. The number of nitriles is 1.